The predicted octanol–water partition coefficient (Wildman–Crippen LogP) is 4.22. The van der Waals surface area contributed by atoms with Gasteiger partial charge in [0.1, 0.15) is 17.3 Å². The number of carbonyl (C=O) groups is 1. The van der Waals surface area contributed by atoms with Crippen molar-refractivity contribution in [3.05, 3.63) is 71.7 Å². The number of aryl methyl sites for hydroxylation is 2. The minimum Gasteiger partial charge on any atom is -0.461 e. The number of sulfonamides is 1. The second kappa shape index (κ2) is 8.81. The van der Waals surface area contributed by atoms with E-state index in [0.29, 0.717) is 29.2 Å². The second-order valence-electron chi connectivity index (χ2n) is 7.06. The molecule has 6 nitrogen and oxygen atoms in total. The normalized spacial score (nSPS) is 11.6. The molecule has 3 aromatic rings. The van der Waals surface area contributed by atoms with Gasteiger partial charge in [-0.05, 0) is 48.9 Å². The molecule has 30 heavy (non-hydrogen) atoms. The molecule has 158 valence electrons. The summed E-state index contributed by atoms with van der Waals surface area (Å²) in [5.74, 6) is 0.311. The summed E-state index contributed by atoms with van der Waals surface area (Å²) in [4.78, 5) is 12.5. The van der Waals surface area contributed by atoms with Crippen LogP contribution in [0.1, 0.15) is 17.7 Å². The number of benzene rings is 2. The Bertz CT molecular complexity index is 1170. The molecule has 0 atom stereocenters. The Labute approximate surface area is 175 Å². The summed E-state index contributed by atoms with van der Waals surface area (Å²) in [5.41, 5.74) is 1.55. The maximum absolute atomic E-state index is 13.9. The SMILES string of the molecule is Cc1ccc(S(=O)(=O)N(C)C)cc1NC(=O)CCc1ccc(-c2ccccc2F)o1. The average molecular weight is 431 g/mol. The van der Waals surface area contributed by atoms with Gasteiger partial charge in [-0.1, -0.05) is 18.2 Å². The molecule has 0 unspecified atom stereocenters. The van der Waals surface area contributed by atoms with Crippen molar-refractivity contribution in [1.82, 2.24) is 4.31 Å². The van der Waals surface area contributed by atoms with E-state index in [1.165, 1.54) is 32.3 Å². The van der Waals surface area contributed by atoms with E-state index in [4.69, 9.17) is 4.42 Å². The van der Waals surface area contributed by atoms with Crippen molar-refractivity contribution in [2.75, 3.05) is 19.4 Å². The van der Waals surface area contributed by atoms with Crippen LogP contribution in [0, 0.1) is 12.7 Å². The third-order valence-corrected chi connectivity index (χ3v) is 6.47. The fourth-order valence-electron chi connectivity index (χ4n) is 2.87. The van der Waals surface area contributed by atoms with Gasteiger partial charge in [-0.2, -0.15) is 0 Å². The van der Waals surface area contributed by atoms with E-state index < -0.39 is 10.0 Å². The van der Waals surface area contributed by atoms with Crippen molar-refractivity contribution < 1.29 is 22.0 Å². The van der Waals surface area contributed by atoms with Crippen LogP contribution in [0.15, 0.2) is 63.9 Å². The molecule has 8 heteroatoms. The first kappa shape index (κ1) is 21.7. The van der Waals surface area contributed by atoms with Gasteiger partial charge in [0.2, 0.25) is 15.9 Å². The quantitative estimate of drug-likeness (QED) is 0.609. The van der Waals surface area contributed by atoms with Gasteiger partial charge in [0.15, 0.2) is 0 Å². The molecule has 0 saturated carbocycles. The molecule has 0 spiro atoms. The summed E-state index contributed by atoms with van der Waals surface area (Å²) in [6, 6.07) is 14.3. The molecular formula is C22H23FN2O4S. The molecule has 1 amide bonds. The van der Waals surface area contributed by atoms with Gasteiger partial charge in [-0.15, -0.1) is 0 Å². The standard InChI is InChI=1S/C22H23FN2O4S/c1-15-8-11-17(30(27,28)25(2)3)14-20(15)24-22(26)13-10-16-9-12-21(29-16)18-6-4-5-7-19(18)23/h4-9,11-12,14H,10,13H2,1-3H3,(H,24,26). The van der Waals surface area contributed by atoms with Crippen LogP contribution in [-0.2, 0) is 21.2 Å². The highest BCUT2D eigenvalue weighted by Crippen LogP contribution is 2.26. The van der Waals surface area contributed by atoms with Crippen molar-refractivity contribution in [1.29, 1.82) is 0 Å². The number of amides is 1. The second-order valence-corrected chi connectivity index (χ2v) is 9.21. The smallest absolute Gasteiger partial charge is 0.242 e. The van der Waals surface area contributed by atoms with Crippen LogP contribution in [-0.4, -0.2) is 32.7 Å². The van der Waals surface area contributed by atoms with Crippen LogP contribution in [0.2, 0.25) is 0 Å². The molecule has 0 aliphatic heterocycles. The highest BCUT2D eigenvalue weighted by Gasteiger charge is 2.19. The molecule has 1 aromatic heterocycles. The van der Waals surface area contributed by atoms with Gasteiger partial charge in [0.25, 0.3) is 0 Å². The Kier molecular flexibility index (Phi) is 6.38. The zero-order valence-corrected chi connectivity index (χ0v) is 17.8. The van der Waals surface area contributed by atoms with Gasteiger partial charge >= 0.3 is 0 Å². The Morgan fingerprint density at radius 2 is 1.83 bits per heavy atom. The lowest BCUT2D eigenvalue weighted by Crippen LogP contribution is -2.22. The first-order valence-electron chi connectivity index (χ1n) is 9.35. The van der Waals surface area contributed by atoms with E-state index in [2.05, 4.69) is 5.32 Å². The average Bonchev–Trinajstić information content (AvgIpc) is 3.17. The molecule has 0 saturated heterocycles. The zero-order valence-electron chi connectivity index (χ0n) is 17.0. The molecule has 3 rings (SSSR count). The topological polar surface area (TPSA) is 79.6 Å². The fourth-order valence-corrected chi connectivity index (χ4v) is 3.80. The van der Waals surface area contributed by atoms with Crippen molar-refractivity contribution in [2.24, 2.45) is 0 Å². The van der Waals surface area contributed by atoms with Gasteiger partial charge in [0, 0.05) is 32.6 Å². The summed E-state index contributed by atoms with van der Waals surface area (Å²) in [6.07, 6.45) is 0.462. The Morgan fingerprint density at radius 3 is 2.53 bits per heavy atom. The maximum atomic E-state index is 13.9. The largest absolute Gasteiger partial charge is 0.461 e. The predicted molar refractivity (Wildman–Crippen MR) is 113 cm³/mol. The number of furan rings is 1. The summed E-state index contributed by atoms with van der Waals surface area (Å²) in [6.45, 7) is 1.79. The van der Waals surface area contributed by atoms with Gasteiger partial charge in [-0.3, -0.25) is 4.79 Å². The molecule has 2 aromatic carbocycles. The van der Waals surface area contributed by atoms with E-state index in [9.17, 15) is 17.6 Å². The summed E-state index contributed by atoms with van der Waals surface area (Å²) < 4.78 is 45.3. The van der Waals surface area contributed by atoms with Gasteiger partial charge < -0.3 is 9.73 Å². The first-order valence-corrected chi connectivity index (χ1v) is 10.8. The Hall–Kier alpha value is -2.97. The van der Waals surface area contributed by atoms with E-state index in [0.717, 1.165) is 9.87 Å². The van der Waals surface area contributed by atoms with Crippen molar-refractivity contribution in [3.63, 3.8) is 0 Å². The van der Waals surface area contributed by atoms with Crippen LogP contribution < -0.4 is 5.32 Å². The minimum absolute atomic E-state index is 0.106. The highest BCUT2D eigenvalue weighted by atomic mass is 32.2. The zero-order chi connectivity index (χ0) is 21.9. The molecule has 0 aliphatic rings. The van der Waals surface area contributed by atoms with Crippen molar-refractivity contribution >= 4 is 21.6 Å². The molecule has 1 N–H and O–H groups in total. The third-order valence-electron chi connectivity index (χ3n) is 4.66. The number of hydrogen-bond donors (Lipinski definition) is 1. The first-order chi connectivity index (χ1) is 14.2. The number of carbonyl (C=O) groups excluding carboxylic acids is 1. The van der Waals surface area contributed by atoms with Crippen LogP contribution in [0.3, 0.4) is 0 Å². The van der Waals surface area contributed by atoms with E-state index >= 15 is 0 Å². The minimum atomic E-state index is -3.60. The van der Waals surface area contributed by atoms with Gasteiger partial charge in [0.05, 0.1) is 10.5 Å². The van der Waals surface area contributed by atoms with Crippen molar-refractivity contribution in [3.8, 4) is 11.3 Å². The third kappa shape index (κ3) is 4.77. The molecule has 0 fully saturated rings. The van der Waals surface area contributed by atoms with Crippen LogP contribution >= 0.6 is 0 Å². The van der Waals surface area contributed by atoms with E-state index in [1.54, 1.807) is 43.3 Å². The number of nitrogens with one attached hydrogen (secondary N) is 1. The Balaban J connectivity index is 1.67. The van der Waals surface area contributed by atoms with E-state index in [-0.39, 0.29) is 23.0 Å². The molecule has 0 aliphatic carbocycles. The number of anilines is 1. The number of nitrogens with zero attached hydrogens (tertiary/aromatic N) is 1. The monoisotopic (exact) mass is 430 g/mol. The summed E-state index contributed by atoms with van der Waals surface area (Å²) >= 11 is 0. The molecule has 0 radical (unpaired) electrons. The number of hydrogen-bond acceptors (Lipinski definition) is 4. The molecule has 1 heterocycles. The number of halogens is 1. The number of rotatable bonds is 7. The van der Waals surface area contributed by atoms with Crippen LogP contribution in [0.4, 0.5) is 10.1 Å². The lowest BCUT2D eigenvalue weighted by atomic mass is 10.1. The summed E-state index contributed by atoms with van der Waals surface area (Å²) in [7, 11) is -0.696. The molecular weight excluding hydrogens is 407 g/mol. The van der Waals surface area contributed by atoms with Crippen LogP contribution in [0.5, 0.6) is 0 Å². The summed E-state index contributed by atoms with van der Waals surface area (Å²) in [5, 5.41) is 2.76. The molecule has 0 bridgehead atoms. The lowest BCUT2D eigenvalue weighted by Gasteiger charge is -2.14. The van der Waals surface area contributed by atoms with Crippen molar-refractivity contribution in [2.45, 2.75) is 24.7 Å². The fraction of sp³-hybridized carbons (Fsp3) is 0.227. The maximum Gasteiger partial charge on any atom is 0.242 e. The Morgan fingerprint density at radius 1 is 1.10 bits per heavy atom. The van der Waals surface area contributed by atoms with Gasteiger partial charge in [-0.25, -0.2) is 17.1 Å². The van der Waals surface area contributed by atoms with Crippen LogP contribution in [0.25, 0.3) is 11.3 Å². The lowest BCUT2D eigenvalue weighted by molar-refractivity contribution is -0.116. The highest BCUT2D eigenvalue weighted by molar-refractivity contribution is 7.89. The van der Waals surface area contributed by atoms with E-state index in [1.807, 2.05) is 0 Å².